The molecule has 0 aliphatic heterocycles. The number of tetrazole rings is 1. The lowest BCUT2D eigenvalue weighted by atomic mass is 10.1. The van der Waals surface area contributed by atoms with Crippen molar-refractivity contribution in [1.82, 2.24) is 20.2 Å². The summed E-state index contributed by atoms with van der Waals surface area (Å²) < 4.78 is 0. The molecule has 2 aromatic heterocycles. The molecule has 0 saturated heterocycles. The van der Waals surface area contributed by atoms with Gasteiger partial charge in [0.1, 0.15) is 6.54 Å². The van der Waals surface area contributed by atoms with Crippen LogP contribution >= 0.6 is 11.3 Å². The van der Waals surface area contributed by atoms with Gasteiger partial charge in [-0.05, 0) is 71.3 Å². The predicted octanol–water partition coefficient (Wildman–Crippen LogP) is 3.78. The van der Waals surface area contributed by atoms with Gasteiger partial charge in [-0.2, -0.15) is 4.80 Å². The summed E-state index contributed by atoms with van der Waals surface area (Å²) in [6.07, 6.45) is 3.31. The zero-order valence-electron chi connectivity index (χ0n) is 17.1. The van der Waals surface area contributed by atoms with Gasteiger partial charge in [-0.25, -0.2) is 0 Å². The van der Waals surface area contributed by atoms with E-state index >= 15 is 0 Å². The normalized spacial score (nSPS) is 12.4. The number of fused-ring (bicyclic) bond motifs is 1. The maximum atomic E-state index is 12.5. The molecule has 160 valence electrons. The van der Waals surface area contributed by atoms with Crippen LogP contribution in [0.2, 0.25) is 0 Å². The molecule has 2 N–H and O–H groups in total. The lowest BCUT2D eigenvalue weighted by molar-refractivity contribution is -0.117. The Morgan fingerprint density at radius 3 is 2.75 bits per heavy atom. The second kappa shape index (κ2) is 8.72. The molecule has 0 radical (unpaired) electrons. The summed E-state index contributed by atoms with van der Waals surface area (Å²) in [5.74, 6) is -0.0999. The van der Waals surface area contributed by atoms with E-state index in [9.17, 15) is 9.59 Å². The number of para-hydroxylation sites is 1. The van der Waals surface area contributed by atoms with Crippen LogP contribution in [0.4, 0.5) is 11.4 Å². The zero-order chi connectivity index (χ0) is 21.9. The first kappa shape index (κ1) is 20.1. The van der Waals surface area contributed by atoms with Gasteiger partial charge >= 0.3 is 0 Å². The SMILES string of the molecule is O=C(Cn1nnc(-c2ccccc2NC(=O)c2cccs2)n1)Nc1ccc2c(c1)CCC2. The number of rotatable bonds is 6. The van der Waals surface area contributed by atoms with Gasteiger partial charge in [-0.15, -0.1) is 21.5 Å². The van der Waals surface area contributed by atoms with Gasteiger partial charge in [0.25, 0.3) is 5.91 Å². The van der Waals surface area contributed by atoms with Crippen LogP contribution in [-0.2, 0) is 24.2 Å². The molecule has 2 aromatic carbocycles. The Bertz CT molecular complexity index is 1280. The fourth-order valence-electron chi connectivity index (χ4n) is 3.78. The number of hydrogen-bond donors (Lipinski definition) is 2. The van der Waals surface area contributed by atoms with Gasteiger partial charge in [-0.1, -0.05) is 24.3 Å². The highest BCUT2D eigenvalue weighted by Crippen LogP contribution is 2.26. The molecular weight excluding hydrogens is 424 g/mol. The number of benzene rings is 2. The first-order valence-electron chi connectivity index (χ1n) is 10.3. The first-order chi connectivity index (χ1) is 15.7. The highest BCUT2D eigenvalue weighted by molar-refractivity contribution is 7.12. The van der Waals surface area contributed by atoms with Crippen LogP contribution in [0.3, 0.4) is 0 Å². The summed E-state index contributed by atoms with van der Waals surface area (Å²) in [6, 6.07) is 16.9. The van der Waals surface area contributed by atoms with Crippen molar-refractivity contribution < 1.29 is 9.59 Å². The van der Waals surface area contributed by atoms with E-state index < -0.39 is 0 Å². The number of thiophene rings is 1. The van der Waals surface area contributed by atoms with Gasteiger partial charge in [0, 0.05) is 11.3 Å². The highest BCUT2D eigenvalue weighted by atomic mass is 32.1. The summed E-state index contributed by atoms with van der Waals surface area (Å²) >= 11 is 1.37. The maximum Gasteiger partial charge on any atom is 0.265 e. The summed E-state index contributed by atoms with van der Waals surface area (Å²) in [4.78, 5) is 26.8. The van der Waals surface area contributed by atoms with E-state index in [4.69, 9.17) is 0 Å². The fourth-order valence-corrected chi connectivity index (χ4v) is 4.39. The lowest BCUT2D eigenvalue weighted by Gasteiger charge is -2.08. The molecule has 9 heteroatoms. The molecular formula is C23H20N6O2S. The fraction of sp³-hybridized carbons (Fsp3) is 0.174. The van der Waals surface area contributed by atoms with Crippen molar-refractivity contribution in [3.05, 3.63) is 76.0 Å². The number of carbonyl (C=O) groups excluding carboxylic acids is 2. The van der Waals surface area contributed by atoms with E-state index in [2.05, 4.69) is 32.1 Å². The predicted molar refractivity (Wildman–Crippen MR) is 123 cm³/mol. The average molecular weight is 445 g/mol. The Labute approximate surface area is 188 Å². The van der Waals surface area contributed by atoms with E-state index in [0.717, 1.165) is 24.9 Å². The largest absolute Gasteiger partial charge is 0.324 e. The molecule has 0 fully saturated rings. The molecule has 1 aliphatic rings. The number of aromatic nitrogens is 4. The van der Waals surface area contributed by atoms with Crippen LogP contribution in [0, 0.1) is 0 Å². The number of anilines is 2. The minimum absolute atomic E-state index is 0.0617. The summed E-state index contributed by atoms with van der Waals surface area (Å²) in [7, 11) is 0. The van der Waals surface area contributed by atoms with Crippen molar-refractivity contribution in [3.8, 4) is 11.4 Å². The van der Waals surface area contributed by atoms with E-state index in [0.29, 0.717) is 22.0 Å². The van der Waals surface area contributed by atoms with Crippen LogP contribution in [0.5, 0.6) is 0 Å². The van der Waals surface area contributed by atoms with Crippen molar-refractivity contribution in [1.29, 1.82) is 0 Å². The van der Waals surface area contributed by atoms with Crippen LogP contribution < -0.4 is 10.6 Å². The lowest BCUT2D eigenvalue weighted by Crippen LogP contribution is -2.20. The molecule has 4 aromatic rings. The van der Waals surface area contributed by atoms with Crippen LogP contribution in [0.15, 0.2) is 60.0 Å². The van der Waals surface area contributed by atoms with Gasteiger partial charge in [0.15, 0.2) is 0 Å². The third-order valence-electron chi connectivity index (χ3n) is 5.28. The van der Waals surface area contributed by atoms with Crippen molar-refractivity contribution in [2.24, 2.45) is 0 Å². The van der Waals surface area contributed by atoms with Crippen LogP contribution in [0.25, 0.3) is 11.4 Å². The number of hydrogen-bond acceptors (Lipinski definition) is 6. The second-order valence-corrected chi connectivity index (χ2v) is 8.45. The number of amides is 2. The molecule has 2 amide bonds. The minimum atomic E-state index is -0.230. The van der Waals surface area contributed by atoms with Gasteiger partial charge in [0.2, 0.25) is 11.7 Å². The molecule has 2 heterocycles. The van der Waals surface area contributed by atoms with Gasteiger partial charge in [0.05, 0.1) is 10.6 Å². The third-order valence-corrected chi connectivity index (χ3v) is 6.15. The molecule has 0 spiro atoms. The molecule has 0 unspecified atom stereocenters. The third kappa shape index (κ3) is 4.28. The van der Waals surface area contributed by atoms with E-state index in [-0.39, 0.29) is 18.4 Å². The van der Waals surface area contributed by atoms with Crippen molar-refractivity contribution >= 4 is 34.5 Å². The topological polar surface area (TPSA) is 102 Å². The monoisotopic (exact) mass is 444 g/mol. The standard InChI is InChI=1S/C23H20N6O2S/c30-21(24-17-11-10-15-5-3-6-16(15)13-17)14-29-27-22(26-28-29)18-7-1-2-8-19(18)25-23(31)20-9-4-12-32-20/h1-2,4,7-13H,3,5-6,14H2,(H,24,30)(H,25,31). The van der Waals surface area contributed by atoms with Gasteiger partial charge < -0.3 is 10.6 Å². The molecule has 5 rings (SSSR count). The summed E-state index contributed by atoms with van der Waals surface area (Å²) in [5, 5.41) is 20.1. The number of nitrogens with one attached hydrogen (secondary N) is 2. The van der Waals surface area contributed by atoms with Crippen LogP contribution in [-0.4, -0.2) is 32.0 Å². The van der Waals surface area contributed by atoms with Crippen molar-refractivity contribution in [2.75, 3.05) is 10.6 Å². The molecule has 32 heavy (non-hydrogen) atoms. The molecule has 1 aliphatic carbocycles. The van der Waals surface area contributed by atoms with Crippen LogP contribution in [0.1, 0.15) is 27.2 Å². The van der Waals surface area contributed by atoms with E-state index in [1.54, 1.807) is 18.2 Å². The van der Waals surface area contributed by atoms with E-state index in [1.807, 2.05) is 35.7 Å². The zero-order valence-corrected chi connectivity index (χ0v) is 17.9. The first-order valence-corrected chi connectivity index (χ1v) is 11.2. The Morgan fingerprint density at radius 1 is 1.00 bits per heavy atom. The molecule has 0 bridgehead atoms. The smallest absolute Gasteiger partial charge is 0.265 e. The van der Waals surface area contributed by atoms with E-state index in [1.165, 1.54) is 27.3 Å². The Morgan fingerprint density at radius 2 is 1.88 bits per heavy atom. The van der Waals surface area contributed by atoms with Crippen molar-refractivity contribution in [2.45, 2.75) is 25.8 Å². The van der Waals surface area contributed by atoms with Crippen molar-refractivity contribution in [3.63, 3.8) is 0 Å². The molecule has 0 atom stereocenters. The summed E-state index contributed by atoms with van der Waals surface area (Å²) in [5.41, 5.74) is 4.63. The Kier molecular flexibility index (Phi) is 5.47. The Hall–Kier alpha value is -3.85. The second-order valence-electron chi connectivity index (χ2n) is 7.51. The number of nitrogens with zero attached hydrogens (tertiary/aromatic N) is 4. The minimum Gasteiger partial charge on any atom is -0.324 e. The molecule has 0 saturated carbocycles. The maximum absolute atomic E-state index is 12.5. The Balaban J connectivity index is 1.28. The van der Waals surface area contributed by atoms with Gasteiger partial charge in [-0.3, -0.25) is 9.59 Å². The number of carbonyl (C=O) groups is 2. The quantitative estimate of drug-likeness (QED) is 0.471. The number of aryl methyl sites for hydroxylation is 2. The molecule has 8 nitrogen and oxygen atoms in total. The average Bonchev–Trinajstić information content (AvgIpc) is 3.55. The summed E-state index contributed by atoms with van der Waals surface area (Å²) in [6.45, 7) is -0.0617. The highest BCUT2D eigenvalue weighted by Gasteiger charge is 2.16.